The van der Waals surface area contributed by atoms with Crippen molar-refractivity contribution in [2.75, 3.05) is 12.4 Å². The summed E-state index contributed by atoms with van der Waals surface area (Å²) in [4.78, 5) is 30.7. The molecule has 29 heavy (non-hydrogen) atoms. The molecular formula is C21H16ClN3O3S. The number of hydrogen-bond acceptors (Lipinski definition) is 5. The van der Waals surface area contributed by atoms with Gasteiger partial charge in [0.15, 0.2) is 4.96 Å². The van der Waals surface area contributed by atoms with E-state index >= 15 is 0 Å². The van der Waals surface area contributed by atoms with Crippen LogP contribution in [0.5, 0.6) is 5.75 Å². The van der Waals surface area contributed by atoms with Gasteiger partial charge in [-0.1, -0.05) is 23.7 Å². The van der Waals surface area contributed by atoms with Crippen LogP contribution in [-0.2, 0) is 0 Å². The number of nitrogens with zero attached hydrogens (tertiary/aromatic N) is 2. The molecule has 0 aliphatic carbocycles. The van der Waals surface area contributed by atoms with Gasteiger partial charge in [-0.25, -0.2) is 4.98 Å². The number of fused-ring (bicyclic) bond motifs is 1. The van der Waals surface area contributed by atoms with E-state index in [1.807, 2.05) is 36.6 Å². The van der Waals surface area contributed by atoms with E-state index < -0.39 is 11.5 Å². The van der Waals surface area contributed by atoms with Gasteiger partial charge in [-0.05, 0) is 42.8 Å². The van der Waals surface area contributed by atoms with Crippen molar-refractivity contribution in [1.82, 2.24) is 9.38 Å². The molecule has 146 valence electrons. The summed E-state index contributed by atoms with van der Waals surface area (Å²) in [7, 11) is 1.58. The van der Waals surface area contributed by atoms with Crippen LogP contribution >= 0.6 is 22.9 Å². The smallest absolute Gasteiger partial charge is 0.271 e. The number of halogens is 1. The van der Waals surface area contributed by atoms with Crippen LogP contribution in [-0.4, -0.2) is 22.4 Å². The zero-order chi connectivity index (χ0) is 20.5. The molecule has 2 heterocycles. The van der Waals surface area contributed by atoms with Crippen LogP contribution in [0, 0.1) is 6.92 Å². The Kier molecular flexibility index (Phi) is 5.08. The molecule has 0 aliphatic heterocycles. The molecule has 0 saturated carbocycles. The second-order valence-electron chi connectivity index (χ2n) is 6.36. The summed E-state index contributed by atoms with van der Waals surface area (Å²) in [5.74, 6) is 0.153. The van der Waals surface area contributed by atoms with Gasteiger partial charge in [-0.15, -0.1) is 11.3 Å². The standard InChI is InChI=1S/C21H16ClN3O3S/c1-12-8-14(22)6-7-17(12)24-19(26)16-10-23-21-25(20(16)27)18(11-29-21)13-4-3-5-15(9-13)28-2/h3-11H,1-2H3,(H,24,26). The van der Waals surface area contributed by atoms with Crippen molar-refractivity contribution in [3.63, 3.8) is 0 Å². The van der Waals surface area contributed by atoms with Crippen LogP contribution in [0.15, 0.2) is 58.8 Å². The van der Waals surface area contributed by atoms with Crippen LogP contribution in [0.3, 0.4) is 0 Å². The number of aryl methyl sites for hydroxylation is 1. The third kappa shape index (κ3) is 3.62. The number of ether oxygens (including phenoxy) is 1. The lowest BCUT2D eigenvalue weighted by molar-refractivity contribution is 0.102. The highest BCUT2D eigenvalue weighted by Crippen LogP contribution is 2.27. The van der Waals surface area contributed by atoms with Crippen molar-refractivity contribution in [3.8, 4) is 17.0 Å². The van der Waals surface area contributed by atoms with Gasteiger partial charge in [0, 0.05) is 27.9 Å². The quantitative estimate of drug-likeness (QED) is 0.516. The summed E-state index contributed by atoms with van der Waals surface area (Å²) < 4.78 is 6.72. The van der Waals surface area contributed by atoms with Gasteiger partial charge in [-0.3, -0.25) is 14.0 Å². The Hall–Kier alpha value is -3.16. The molecule has 1 N–H and O–H groups in total. The van der Waals surface area contributed by atoms with Crippen molar-refractivity contribution in [1.29, 1.82) is 0 Å². The minimum Gasteiger partial charge on any atom is -0.497 e. The van der Waals surface area contributed by atoms with Gasteiger partial charge < -0.3 is 10.1 Å². The molecule has 0 saturated heterocycles. The highest BCUT2D eigenvalue weighted by molar-refractivity contribution is 7.15. The molecule has 6 nitrogen and oxygen atoms in total. The number of carbonyl (C=O) groups is 1. The van der Waals surface area contributed by atoms with Crippen LogP contribution in [0.25, 0.3) is 16.2 Å². The van der Waals surface area contributed by atoms with Crippen LogP contribution < -0.4 is 15.6 Å². The normalized spacial score (nSPS) is 10.9. The minimum absolute atomic E-state index is 0.0422. The van der Waals surface area contributed by atoms with Crippen molar-refractivity contribution in [3.05, 3.63) is 80.5 Å². The number of hydrogen-bond donors (Lipinski definition) is 1. The predicted molar refractivity (Wildman–Crippen MR) is 115 cm³/mol. The molecule has 0 radical (unpaired) electrons. The lowest BCUT2D eigenvalue weighted by Crippen LogP contribution is -2.26. The van der Waals surface area contributed by atoms with E-state index in [9.17, 15) is 9.59 Å². The topological polar surface area (TPSA) is 72.7 Å². The molecule has 0 atom stereocenters. The highest BCUT2D eigenvalue weighted by Gasteiger charge is 2.18. The first-order valence-electron chi connectivity index (χ1n) is 8.69. The first-order valence-corrected chi connectivity index (χ1v) is 9.95. The van der Waals surface area contributed by atoms with Crippen molar-refractivity contribution in [2.24, 2.45) is 0 Å². The molecule has 4 aromatic rings. The van der Waals surface area contributed by atoms with Crippen molar-refractivity contribution in [2.45, 2.75) is 6.92 Å². The largest absolute Gasteiger partial charge is 0.497 e. The zero-order valence-electron chi connectivity index (χ0n) is 15.6. The average molecular weight is 426 g/mol. The molecule has 2 aromatic carbocycles. The minimum atomic E-state index is -0.523. The Morgan fingerprint density at radius 1 is 1.24 bits per heavy atom. The van der Waals surface area contributed by atoms with Crippen molar-refractivity contribution >= 4 is 39.5 Å². The summed E-state index contributed by atoms with van der Waals surface area (Å²) in [6.45, 7) is 1.83. The van der Waals surface area contributed by atoms with E-state index in [0.717, 1.165) is 11.1 Å². The first kappa shape index (κ1) is 19.2. The monoisotopic (exact) mass is 425 g/mol. The maximum Gasteiger partial charge on any atom is 0.271 e. The van der Waals surface area contributed by atoms with Crippen LogP contribution in [0.2, 0.25) is 5.02 Å². The number of thiazole rings is 1. The predicted octanol–water partition coefficient (Wildman–Crippen LogP) is 4.65. The van der Waals surface area contributed by atoms with E-state index in [0.29, 0.717) is 27.1 Å². The molecule has 8 heteroatoms. The van der Waals surface area contributed by atoms with Gasteiger partial charge in [0.2, 0.25) is 0 Å². The fraction of sp³-hybridized carbons (Fsp3) is 0.0952. The molecule has 4 rings (SSSR count). The second-order valence-corrected chi connectivity index (χ2v) is 7.63. The van der Waals surface area contributed by atoms with Crippen LogP contribution in [0.1, 0.15) is 15.9 Å². The number of methoxy groups -OCH3 is 1. The lowest BCUT2D eigenvalue weighted by Gasteiger charge is -2.09. The third-order valence-corrected chi connectivity index (χ3v) is 5.57. The molecule has 0 spiro atoms. The summed E-state index contributed by atoms with van der Waals surface area (Å²) in [6.07, 6.45) is 1.31. The summed E-state index contributed by atoms with van der Waals surface area (Å²) in [6, 6.07) is 12.5. The zero-order valence-corrected chi connectivity index (χ0v) is 17.2. The van der Waals surface area contributed by atoms with E-state index in [1.54, 1.807) is 25.3 Å². The summed E-state index contributed by atoms with van der Waals surface area (Å²) in [5.41, 5.74) is 2.36. The number of nitrogens with one attached hydrogen (secondary N) is 1. The van der Waals surface area contributed by atoms with Gasteiger partial charge >= 0.3 is 0 Å². The highest BCUT2D eigenvalue weighted by atomic mass is 35.5. The molecule has 1 amide bonds. The van der Waals surface area contributed by atoms with E-state index in [4.69, 9.17) is 16.3 Å². The molecule has 0 aliphatic rings. The fourth-order valence-electron chi connectivity index (χ4n) is 2.99. The Morgan fingerprint density at radius 2 is 2.07 bits per heavy atom. The molecule has 0 unspecified atom stereocenters. The Bertz CT molecular complexity index is 1300. The van der Waals surface area contributed by atoms with E-state index in [1.165, 1.54) is 21.9 Å². The number of rotatable bonds is 4. The first-order chi connectivity index (χ1) is 14.0. The summed E-state index contributed by atoms with van der Waals surface area (Å²) >= 11 is 7.29. The number of carbonyl (C=O) groups excluding carboxylic acids is 1. The molecule has 2 aromatic heterocycles. The lowest BCUT2D eigenvalue weighted by atomic mass is 10.1. The fourth-order valence-corrected chi connectivity index (χ4v) is 4.07. The van der Waals surface area contributed by atoms with E-state index in [2.05, 4.69) is 10.3 Å². The SMILES string of the molecule is COc1cccc(-c2csc3ncc(C(=O)Nc4ccc(Cl)cc4C)c(=O)n23)c1. The summed E-state index contributed by atoms with van der Waals surface area (Å²) in [5, 5.41) is 5.17. The maximum absolute atomic E-state index is 13.1. The number of benzene rings is 2. The van der Waals surface area contributed by atoms with Crippen molar-refractivity contribution < 1.29 is 9.53 Å². The Labute approximate surface area is 175 Å². The van der Waals surface area contributed by atoms with Gasteiger partial charge in [0.25, 0.3) is 11.5 Å². The number of amides is 1. The third-order valence-electron chi connectivity index (χ3n) is 4.49. The second kappa shape index (κ2) is 7.69. The van der Waals surface area contributed by atoms with Gasteiger partial charge in [0.05, 0.1) is 12.8 Å². The Balaban J connectivity index is 1.77. The van der Waals surface area contributed by atoms with Gasteiger partial charge in [0.1, 0.15) is 11.3 Å². The Morgan fingerprint density at radius 3 is 2.83 bits per heavy atom. The maximum atomic E-state index is 13.1. The molecule has 0 fully saturated rings. The number of aromatic nitrogens is 2. The molecular weight excluding hydrogens is 410 g/mol. The number of anilines is 1. The van der Waals surface area contributed by atoms with Crippen LogP contribution in [0.4, 0.5) is 5.69 Å². The average Bonchev–Trinajstić information content (AvgIpc) is 3.15. The van der Waals surface area contributed by atoms with Gasteiger partial charge in [-0.2, -0.15) is 0 Å². The van der Waals surface area contributed by atoms with E-state index in [-0.39, 0.29) is 5.56 Å². The molecule has 0 bridgehead atoms.